The van der Waals surface area contributed by atoms with Crippen molar-refractivity contribution < 1.29 is 9.47 Å². The molecule has 19 heavy (non-hydrogen) atoms. The summed E-state index contributed by atoms with van der Waals surface area (Å²) in [7, 11) is 1.69. The SMILES string of the molecule is COc1ccc(OC2CCCC(C)C2)c(CCN)c1. The third-order valence-electron chi connectivity index (χ3n) is 3.86. The fourth-order valence-electron chi connectivity index (χ4n) is 2.81. The average molecular weight is 263 g/mol. The molecule has 0 heterocycles. The third-order valence-corrected chi connectivity index (χ3v) is 3.86. The molecule has 106 valence electrons. The number of nitrogens with two attached hydrogens (primary N) is 1. The van der Waals surface area contributed by atoms with Crippen LogP contribution >= 0.6 is 0 Å². The van der Waals surface area contributed by atoms with Crippen LogP contribution in [0.5, 0.6) is 11.5 Å². The van der Waals surface area contributed by atoms with Crippen molar-refractivity contribution in [3.8, 4) is 11.5 Å². The molecular weight excluding hydrogens is 238 g/mol. The quantitative estimate of drug-likeness (QED) is 0.887. The van der Waals surface area contributed by atoms with E-state index in [2.05, 4.69) is 6.92 Å². The van der Waals surface area contributed by atoms with E-state index in [-0.39, 0.29) is 0 Å². The highest BCUT2D eigenvalue weighted by molar-refractivity contribution is 5.40. The van der Waals surface area contributed by atoms with E-state index in [9.17, 15) is 0 Å². The van der Waals surface area contributed by atoms with Gasteiger partial charge in [-0.1, -0.05) is 13.3 Å². The maximum Gasteiger partial charge on any atom is 0.123 e. The molecule has 0 saturated heterocycles. The van der Waals surface area contributed by atoms with E-state index in [4.69, 9.17) is 15.2 Å². The number of hydrogen-bond acceptors (Lipinski definition) is 3. The molecular formula is C16H25NO2. The molecule has 0 amide bonds. The highest BCUT2D eigenvalue weighted by Crippen LogP contribution is 2.30. The topological polar surface area (TPSA) is 44.5 Å². The van der Waals surface area contributed by atoms with Crippen molar-refractivity contribution in [2.75, 3.05) is 13.7 Å². The van der Waals surface area contributed by atoms with E-state index in [1.807, 2.05) is 18.2 Å². The van der Waals surface area contributed by atoms with Gasteiger partial charge in [0.2, 0.25) is 0 Å². The zero-order valence-electron chi connectivity index (χ0n) is 12.0. The van der Waals surface area contributed by atoms with E-state index < -0.39 is 0 Å². The number of methoxy groups -OCH3 is 1. The molecule has 2 rings (SSSR count). The summed E-state index contributed by atoms with van der Waals surface area (Å²) < 4.78 is 11.5. The van der Waals surface area contributed by atoms with Crippen LogP contribution in [0.3, 0.4) is 0 Å². The minimum absolute atomic E-state index is 0.355. The van der Waals surface area contributed by atoms with E-state index in [1.165, 1.54) is 19.3 Å². The lowest BCUT2D eigenvalue weighted by Crippen LogP contribution is -2.24. The van der Waals surface area contributed by atoms with Crippen molar-refractivity contribution in [2.24, 2.45) is 11.7 Å². The molecule has 0 aromatic heterocycles. The predicted molar refractivity (Wildman–Crippen MR) is 77.8 cm³/mol. The summed E-state index contributed by atoms with van der Waals surface area (Å²) in [5.74, 6) is 2.62. The van der Waals surface area contributed by atoms with Gasteiger partial charge in [0.1, 0.15) is 11.5 Å². The Morgan fingerprint density at radius 1 is 1.32 bits per heavy atom. The van der Waals surface area contributed by atoms with Gasteiger partial charge in [-0.15, -0.1) is 0 Å². The van der Waals surface area contributed by atoms with Gasteiger partial charge in [0.15, 0.2) is 0 Å². The first-order valence-electron chi connectivity index (χ1n) is 7.26. The molecule has 0 bridgehead atoms. The van der Waals surface area contributed by atoms with E-state index in [0.717, 1.165) is 35.8 Å². The highest BCUT2D eigenvalue weighted by atomic mass is 16.5. The Morgan fingerprint density at radius 2 is 2.16 bits per heavy atom. The molecule has 1 aromatic rings. The number of ether oxygens (including phenoxy) is 2. The van der Waals surface area contributed by atoms with Crippen LogP contribution in [0.2, 0.25) is 0 Å². The first-order chi connectivity index (χ1) is 9.22. The predicted octanol–water partition coefficient (Wildman–Crippen LogP) is 3.15. The first kappa shape index (κ1) is 14.2. The summed E-state index contributed by atoms with van der Waals surface area (Å²) in [6.07, 6.45) is 6.11. The lowest BCUT2D eigenvalue weighted by Gasteiger charge is -2.28. The minimum Gasteiger partial charge on any atom is -0.497 e. The molecule has 2 atom stereocenters. The second kappa shape index (κ2) is 6.80. The minimum atomic E-state index is 0.355. The zero-order chi connectivity index (χ0) is 13.7. The van der Waals surface area contributed by atoms with Gasteiger partial charge < -0.3 is 15.2 Å². The van der Waals surface area contributed by atoms with Crippen LogP contribution in [0.1, 0.15) is 38.2 Å². The van der Waals surface area contributed by atoms with Crippen molar-refractivity contribution in [3.05, 3.63) is 23.8 Å². The number of hydrogen-bond donors (Lipinski definition) is 1. The largest absolute Gasteiger partial charge is 0.497 e. The summed E-state index contributed by atoms with van der Waals surface area (Å²) in [5.41, 5.74) is 6.83. The fraction of sp³-hybridized carbons (Fsp3) is 0.625. The normalized spacial score (nSPS) is 23.1. The molecule has 2 unspecified atom stereocenters. The summed E-state index contributed by atoms with van der Waals surface area (Å²) in [4.78, 5) is 0. The van der Waals surface area contributed by atoms with Crippen molar-refractivity contribution in [1.29, 1.82) is 0 Å². The Balaban J connectivity index is 2.09. The smallest absolute Gasteiger partial charge is 0.123 e. The van der Waals surface area contributed by atoms with Gasteiger partial charge in [0.25, 0.3) is 0 Å². The molecule has 0 spiro atoms. The van der Waals surface area contributed by atoms with Crippen LogP contribution in [-0.4, -0.2) is 19.8 Å². The fourth-order valence-corrected chi connectivity index (χ4v) is 2.81. The highest BCUT2D eigenvalue weighted by Gasteiger charge is 2.21. The van der Waals surface area contributed by atoms with Gasteiger partial charge in [-0.3, -0.25) is 0 Å². The molecule has 3 heteroatoms. The monoisotopic (exact) mass is 263 g/mol. The maximum atomic E-state index is 6.20. The van der Waals surface area contributed by atoms with Crippen molar-refractivity contribution in [3.63, 3.8) is 0 Å². The summed E-state index contributed by atoms with van der Waals surface area (Å²) in [6, 6.07) is 6.01. The van der Waals surface area contributed by atoms with Crippen LogP contribution in [0.25, 0.3) is 0 Å². The van der Waals surface area contributed by atoms with Crippen LogP contribution in [0.15, 0.2) is 18.2 Å². The lowest BCUT2D eigenvalue weighted by molar-refractivity contribution is 0.128. The molecule has 1 saturated carbocycles. The average Bonchev–Trinajstić information content (AvgIpc) is 2.41. The lowest BCUT2D eigenvalue weighted by atomic mass is 9.88. The molecule has 1 aromatic carbocycles. The molecule has 0 aliphatic heterocycles. The summed E-state index contributed by atoms with van der Waals surface area (Å²) in [6.45, 7) is 2.94. The van der Waals surface area contributed by atoms with Gasteiger partial charge in [-0.2, -0.15) is 0 Å². The maximum absolute atomic E-state index is 6.20. The van der Waals surface area contributed by atoms with E-state index in [1.54, 1.807) is 7.11 Å². The van der Waals surface area contributed by atoms with E-state index in [0.29, 0.717) is 12.6 Å². The summed E-state index contributed by atoms with van der Waals surface area (Å²) >= 11 is 0. The second-order valence-electron chi connectivity index (χ2n) is 5.52. The van der Waals surface area contributed by atoms with Gasteiger partial charge in [0.05, 0.1) is 13.2 Å². The van der Waals surface area contributed by atoms with Crippen molar-refractivity contribution >= 4 is 0 Å². The molecule has 1 aliphatic rings. The van der Waals surface area contributed by atoms with Crippen LogP contribution in [-0.2, 0) is 6.42 Å². The Bertz CT molecular complexity index is 406. The van der Waals surface area contributed by atoms with Gasteiger partial charge in [-0.25, -0.2) is 0 Å². The zero-order valence-corrected chi connectivity index (χ0v) is 12.0. The molecule has 1 aliphatic carbocycles. The third kappa shape index (κ3) is 3.87. The summed E-state index contributed by atoms with van der Waals surface area (Å²) in [5, 5.41) is 0. The van der Waals surface area contributed by atoms with Crippen molar-refractivity contribution in [2.45, 2.75) is 45.1 Å². The molecule has 3 nitrogen and oxygen atoms in total. The van der Waals surface area contributed by atoms with Gasteiger partial charge in [-0.05, 0) is 61.9 Å². The van der Waals surface area contributed by atoms with Crippen molar-refractivity contribution in [1.82, 2.24) is 0 Å². The molecule has 0 radical (unpaired) electrons. The Kier molecular flexibility index (Phi) is 5.08. The Hall–Kier alpha value is -1.22. The Morgan fingerprint density at radius 3 is 2.84 bits per heavy atom. The van der Waals surface area contributed by atoms with Crippen LogP contribution in [0.4, 0.5) is 0 Å². The van der Waals surface area contributed by atoms with Crippen LogP contribution < -0.4 is 15.2 Å². The van der Waals surface area contributed by atoms with Gasteiger partial charge in [0, 0.05) is 0 Å². The molecule has 1 fully saturated rings. The first-order valence-corrected chi connectivity index (χ1v) is 7.26. The van der Waals surface area contributed by atoms with Gasteiger partial charge >= 0.3 is 0 Å². The number of rotatable bonds is 5. The standard InChI is InChI=1S/C16H25NO2/c1-12-4-3-5-15(10-12)19-16-7-6-14(18-2)11-13(16)8-9-17/h6-7,11-12,15H,3-5,8-10,17H2,1-2H3. The second-order valence-corrected chi connectivity index (χ2v) is 5.52. The molecule has 2 N–H and O–H groups in total. The Labute approximate surface area is 116 Å². The van der Waals surface area contributed by atoms with Crippen LogP contribution in [0, 0.1) is 5.92 Å². The van der Waals surface area contributed by atoms with E-state index >= 15 is 0 Å². The number of benzene rings is 1.